The van der Waals surface area contributed by atoms with Crippen LogP contribution in [0.2, 0.25) is 5.02 Å². The van der Waals surface area contributed by atoms with E-state index in [1.54, 1.807) is 24.3 Å². The lowest BCUT2D eigenvalue weighted by molar-refractivity contribution is -0.123. The molecule has 0 aliphatic carbocycles. The summed E-state index contributed by atoms with van der Waals surface area (Å²) < 4.78 is 5.31. The van der Waals surface area contributed by atoms with Crippen molar-refractivity contribution in [2.24, 2.45) is 5.10 Å². The number of amides is 1. The molecule has 1 N–H and O–H groups in total. The van der Waals surface area contributed by atoms with Gasteiger partial charge in [0.2, 0.25) is 0 Å². The van der Waals surface area contributed by atoms with Crippen molar-refractivity contribution in [2.75, 3.05) is 6.61 Å². The van der Waals surface area contributed by atoms with Gasteiger partial charge in [-0.05, 0) is 44.0 Å². The van der Waals surface area contributed by atoms with E-state index in [1.807, 2.05) is 6.92 Å². The second-order valence-electron chi connectivity index (χ2n) is 4.58. The van der Waals surface area contributed by atoms with Crippen LogP contribution in [0.1, 0.15) is 39.5 Å². The fourth-order valence-corrected chi connectivity index (χ4v) is 1.68. The van der Waals surface area contributed by atoms with Gasteiger partial charge in [-0.25, -0.2) is 5.43 Å². The van der Waals surface area contributed by atoms with E-state index in [4.69, 9.17) is 16.3 Å². The van der Waals surface area contributed by atoms with Crippen LogP contribution in [0, 0.1) is 0 Å². The van der Waals surface area contributed by atoms with Gasteiger partial charge in [0, 0.05) is 10.7 Å². The summed E-state index contributed by atoms with van der Waals surface area (Å²) in [7, 11) is 0. The van der Waals surface area contributed by atoms with Gasteiger partial charge >= 0.3 is 0 Å². The average Bonchev–Trinajstić information content (AvgIpc) is 2.45. The van der Waals surface area contributed by atoms with E-state index >= 15 is 0 Å². The Hall–Kier alpha value is -1.55. The number of carbonyl (C=O) groups is 1. The summed E-state index contributed by atoms with van der Waals surface area (Å²) in [5.41, 5.74) is 3.42. The maximum absolute atomic E-state index is 11.5. The Morgan fingerprint density at radius 3 is 2.65 bits per heavy atom. The molecular formula is C15H21ClN2O2. The first-order chi connectivity index (χ1) is 9.61. The molecule has 110 valence electrons. The summed E-state index contributed by atoms with van der Waals surface area (Å²) in [4.78, 5) is 11.5. The monoisotopic (exact) mass is 296 g/mol. The molecule has 1 amide bonds. The van der Waals surface area contributed by atoms with Gasteiger partial charge in [-0.2, -0.15) is 5.10 Å². The van der Waals surface area contributed by atoms with Crippen LogP contribution in [0.15, 0.2) is 29.4 Å². The summed E-state index contributed by atoms with van der Waals surface area (Å²) in [5.74, 6) is 0.336. The molecule has 5 heteroatoms. The number of carbonyl (C=O) groups excluding carboxylic acids is 1. The molecule has 0 bridgehead atoms. The van der Waals surface area contributed by atoms with Crippen molar-refractivity contribution >= 4 is 23.2 Å². The number of hydrogen-bond acceptors (Lipinski definition) is 3. The van der Waals surface area contributed by atoms with Crippen molar-refractivity contribution in [3.63, 3.8) is 0 Å². The van der Waals surface area contributed by atoms with Gasteiger partial charge in [0.15, 0.2) is 6.61 Å². The van der Waals surface area contributed by atoms with Crippen LogP contribution >= 0.6 is 11.6 Å². The predicted molar refractivity (Wildman–Crippen MR) is 82.3 cm³/mol. The third kappa shape index (κ3) is 7.14. The van der Waals surface area contributed by atoms with E-state index in [0.29, 0.717) is 10.8 Å². The Morgan fingerprint density at radius 2 is 2.00 bits per heavy atom. The van der Waals surface area contributed by atoms with Gasteiger partial charge < -0.3 is 4.74 Å². The van der Waals surface area contributed by atoms with Gasteiger partial charge in [-0.1, -0.05) is 31.4 Å². The largest absolute Gasteiger partial charge is 0.484 e. The summed E-state index contributed by atoms with van der Waals surface area (Å²) in [6.45, 7) is 4.01. The van der Waals surface area contributed by atoms with Crippen molar-refractivity contribution in [2.45, 2.75) is 39.5 Å². The molecule has 0 unspecified atom stereocenters. The van der Waals surface area contributed by atoms with Crippen molar-refractivity contribution in [1.29, 1.82) is 0 Å². The minimum atomic E-state index is -0.269. The standard InChI is InChI=1S/C15H21ClN2O2/c1-3-4-5-6-12(2)17-18-15(19)11-20-14-9-7-13(16)8-10-14/h7-10H,3-6,11H2,1-2H3,(H,18,19)/b17-12+. The summed E-state index contributed by atoms with van der Waals surface area (Å²) in [5, 5.41) is 4.67. The molecule has 0 fully saturated rings. The molecule has 0 radical (unpaired) electrons. The number of hydrogen-bond donors (Lipinski definition) is 1. The molecule has 0 spiro atoms. The number of hydrazone groups is 1. The second-order valence-corrected chi connectivity index (χ2v) is 5.02. The highest BCUT2D eigenvalue weighted by Crippen LogP contribution is 2.15. The topological polar surface area (TPSA) is 50.7 Å². The fraction of sp³-hybridized carbons (Fsp3) is 0.467. The third-order valence-electron chi connectivity index (χ3n) is 2.70. The quantitative estimate of drug-likeness (QED) is 0.451. The molecule has 1 rings (SSSR count). The Bertz CT molecular complexity index is 444. The number of unbranched alkanes of at least 4 members (excludes halogenated alkanes) is 2. The van der Waals surface area contributed by atoms with Crippen LogP contribution in [-0.2, 0) is 4.79 Å². The van der Waals surface area contributed by atoms with E-state index in [9.17, 15) is 4.79 Å². The summed E-state index contributed by atoms with van der Waals surface area (Å²) >= 11 is 5.76. The number of nitrogens with one attached hydrogen (secondary N) is 1. The van der Waals surface area contributed by atoms with Crippen LogP contribution in [0.4, 0.5) is 0 Å². The first-order valence-corrected chi connectivity index (χ1v) is 7.20. The zero-order chi connectivity index (χ0) is 14.8. The Kier molecular flexibility index (Phi) is 7.73. The van der Waals surface area contributed by atoms with Crippen molar-refractivity contribution < 1.29 is 9.53 Å². The van der Waals surface area contributed by atoms with Gasteiger partial charge in [0.05, 0.1) is 0 Å². The first-order valence-electron chi connectivity index (χ1n) is 6.82. The highest BCUT2D eigenvalue weighted by Gasteiger charge is 2.02. The number of benzene rings is 1. The van der Waals surface area contributed by atoms with E-state index < -0.39 is 0 Å². The van der Waals surface area contributed by atoms with Crippen molar-refractivity contribution in [1.82, 2.24) is 5.43 Å². The maximum Gasteiger partial charge on any atom is 0.277 e. The van der Waals surface area contributed by atoms with Crippen LogP contribution in [0.3, 0.4) is 0 Å². The molecule has 0 aromatic heterocycles. The van der Waals surface area contributed by atoms with E-state index in [2.05, 4.69) is 17.5 Å². The Balaban J connectivity index is 2.26. The molecule has 1 aromatic carbocycles. The third-order valence-corrected chi connectivity index (χ3v) is 2.95. The highest BCUT2D eigenvalue weighted by molar-refractivity contribution is 6.30. The lowest BCUT2D eigenvalue weighted by atomic mass is 10.1. The van der Waals surface area contributed by atoms with Crippen LogP contribution in [0.5, 0.6) is 5.75 Å². The molecule has 20 heavy (non-hydrogen) atoms. The fourth-order valence-electron chi connectivity index (χ4n) is 1.56. The number of ether oxygens (including phenoxy) is 1. The summed E-state index contributed by atoms with van der Waals surface area (Å²) in [6.07, 6.45) is 4.37. The molecule has 0 saturated carbocycles. The number of rotatable bonds is 8. The maximum atomic E-state index is 11.5. The molecular weight excluding hydrogens is 276 g/mol. The minimum Gasteiger partial charge on any atom is -0.484 e. The molecule has 4 nitrogen and oxygen atoms in total. The second kappa shape index (κ2) is 9.37. The van der Waals surface area contributed by atoms with Crippen molar-refractivity contribution in [3.05, 3.63) is 29.3 Å². The van der Waals surface area contributed by atoms with Crippen LogP contribution < -0.4 is 10.2 Å². The Labute approximate surface area is 125 Å². The normalized spacial score (nSPS) is 11.2. The van der Waals surface area contributed by atoms with Gasteiger partial charge in [-0.3, -0.25) is 4.79 Å². The molecule has 0 atom stereocenters. The number of halogens is 1. The van der Waals surface area contributed by atoms with Crippen molar-refractivity contribution in [3.8, 4) is 5.75 Å². The van der Waals surface area contributed by atoms with Gasteiger partial charge in [0.1, 0.15) is 5.75 Å². The van der Waals surface area contributed by atoms with Crippen LogP contribution in [-0.4, -0.2) is 18.2 Å². The predicted octanol–water partition coefficient (Wildman–Crippen LogP) is 3.79. The molecule has 0 heterocycles. The first kappa shape index (κ1) is 16.5. The summed E-state index contributed by atoms with van der Waals surface area (Å²) in [6, 6.07) is 6.86. The zero-order valence-electron chi connectivity index (χ0n) is 12.0. The van der Waals surface area contributed by atoms with E-state index in [-0.39, 0.29) is 12.5 Å². The van der Waals surface area contributed by atoms with Gasteiger partial charge in [0.25, 0.3) is 5.91 Å². The van der Waals surface area contributed by atoms with E-state index in [1.165, 1.54) is 12.8 Å². The van der Waals surface area contributed by atoms with Crippen LogP contribution in [0.25, 0.3) is 0 Å². The van der Waals surface area contributed by atoms with E-state index in [0.717, 1.165) is 18.6 Å². The molecule has 0 saturated heterocycles. The molecule has 0 aliphatic heterocycles. The minimum absolute atomic E-state index is 0.0621. The smallest absolute Gasteiger partial charge is 0.277 e. The Morgan fingerprint density at radius 1 is 1.30 bits per heavy atom. The lowest BCUT2D eigenvalue weighted by Crippen LogP contribution is -2.25. The molecule has 0 aliphatic rings. The molecule has 1 aromatic rings. The average molecular weight is 297 g/mol. The SMILES string of the molecule is CCCCC/C(C)=N/NC(=O)COc1ccc(Cl)cc1. The number of nitrogens with zero attached hydrogens (tertiary/aromatic N) is 1. The van der Waals surface area contributed by atoms with Gasteiger partial charge in [-0.15, -0.1) is 0 Å². The highest BCUT2D eigenvalue weighted by atomic mass is 35.5. The lowest BCUT2D eigenvalue weighted by Gasteiger charge is -2.05. The zero-order valence-corrected chi connectivity index (χ0v) is 12.7.